The molecule has 0 aliphatic heterocycles. The molecule has 0 saturated carbocycles. The Balaban J connectivity index is 2.29. The molecule has 30 heavy (non-hydrogen) atoms. The predicted molar refractivity (Wildman–Crippen MR) is 114 cm³/mol. The van der Waals surface area contributed by atoms with E-state index in [-0.39, 0.29) is 28.7 Å². The lowest BCUT2D eigenvalue weighted by atomic mass is 9.97. The SMILES string of the molecule is CC(C)Nc1nc(-c2cccc(C(F)(F)F)c2)cc(-c2ccc(Cl)cc2Cl)c1C#N. The van der Waals surface area contributed by atoms with E-state index in [1.165, 1.54) is 12.1 Å². The minimum absolute atomic E-state index is 0.0603. The summed E-state index contributed by atoms with van der Waals surface area (Å²) in [6, 6.07) is 13.3. The van der Waals surface area contributed by atoms with Gasteiger partial charge < -0.3 is 5.32 Å². The van der Waals surface area contributed by atoms with Crippen molar-refractivity contribution in [2.24, 2.45) is 0 Å². The number of halogens is 5. The number of pyridine rings is 1. The van der Waals surface area contributed by atoms with Crippen LogP contribution in [0.2, 0.25) is 10.0 Å². The molecule has 0 radical (unpaired) electrons. The largest absolute Gasteiger partial charge is 0.416 e. The van der Waals surface area contributed by atoms with Crippen molar-refractivity contribution in [3.8, 4) is 28.5 Å². The Kier molecular flexibility index (Phi) is 6.25. The average Bonchev–Trinajstić information content (AvgIpc) is 2.66. The van der Waals surface area contributed by atoms with Gasteiger partial charge in [-0.2, -0.15) is 18.4 Å². The molecular formula is C22H16Cl2F3N3. The fraction of sp³-hybridized carbons (Fsp3) is 0.182. The predicted octanol–water partition coefficient (Wildman–Crippen LogP) is 7.43. The lowest BCUT2D eigenvalue weighted by Crippen LogP contribution is -2.13. The van der Waals surface area contributed by atoms with Gasteiger partial charge in [-0.25, -0.2) is 4.98 Å². The van der Waals surface area contributed by atoms with Crippen LogP contribution >= 0.6 is 23.2 Å². The van der Waals surface area contributed by atoms with E-state index in [9.17, 15) is 18.4 Å². The zero-order valence-corrected chi connectivity index (χ0v) is 17.5. The molecule has 3 rings (SSSR count). The lowest BCUT2D eigenvalue weighted by molar-refractivity contribution is -0.137. The van der Waals surface area contributed by atoms with E-state index in [4.69, 9.17) is 23.2 Å². The molecule has 0 spiro atoms. The molecule has 0 amide bonds. The minimum Gasteiger partial charge on any atom is -0.367 e. The number of benzene rings is 2. The van der Waals surface area contributed by atoms with E-state index in [1.54, 1.807) is 24.3 Å². The van der Waals surface area contributed by atoms with Crippen molar-refractivity contribution in [3.05, 3.63) is 69.7 Å². The molecule has 1 aromatic heterocycles. The molecule has 8 heteroatoms. The highest BCUT2D eigenvalue weighted by Crippen LogP contribution is 2.38. The zero-order valence-electron chi connectivity index (χ0n) is 16.0. The van der Waals surface area contributed by atoms with Crippen molar-refractivity contribution in [2.75, 3.05) is 5.32 Å². The van der Waals surface area contributed by atoms with Crippen LogP contribution in [0.25, 0.3) is 22.4 Å². The quantitative estimate of drug-likeness (QED) is 0.450. The van der Waals surface area contributed by atoms with Crippen LogP contribution in [0.5, 0.6) is 0 Å². The number of hydrogen-bond acceptors (Lipinski definition) is 3. The van der Waals surface area contributed by atoms with E-state index in [0.717, 1.165) is 12.1 Å². The molecule has 0 saturated heterocycles. The molecular weight excluding hydrogens is 434 g/mol. The Morgan fingerprint density at radius 3 is 2.37 bits per heavy atom. The summed E-state index contributed by atoms with van der Waals surface area (Å²) in [7, 11) is 0. The van der Waals surface area contributed by atoms with Gasteiger partial charge in [-0.15, -0.1) is 0 Å². The molecule has 1 heterocycles. The number of nitrogens with one attached hydrogen (secondary N) is 1. The maximum absolute atomic E-state index is 13.2. The van der Waals surface area contributed by atoms with E-state index in [2.05, 4.69) is 16.4 Å². The summed E-state index contributed by atoms with van der Waals surface area (Å²) in [6.07, 6.45) is -4.48. The fourth-order valence-electron chi connectivity index (χ4n) is 2.96. The number of nitrogens with zero attached hydrogens (tertiary/aromatic N) is 2. The maximum Gasteiger partial charge on any atom is 0.416 e. The number of hydrogen-bond donors (Lipinski definition) is 1. The first-order valence-electron chi connectivity index (χ1n) is 8.95. The highest BCUT2D eigenvalue weighted by molar-refractivity contribution is 6.36. The smallest absolute Gasteiger partial charge is 0.367 e. The summed E-state index contributed by atoms with van der Waals surface area (Å²) in [5.41, 5.74) is 0.987. The minimum atomic E-state index is -4.48. The van der Waals surface area contributed by atoms with Gasteiger partial charge in [0.2, 0.25) is 0 Å². The molecule has 0 unspecified atom stereocenters. The van der Waals surface area contributed by atoms with Crippen molar-refractivity contribution in [2.45, 2.75) is 26.1 Å². The van der Waals surface area contributed by atoms with Crippen molar-refractivity contribution >= 4 is 29.0 Å². The summed E-state index contributed by atoms with van der Waals surface area (Å²) in [5, 5.41) is 13.6. The fourth-order valence-corrected chi connectivity index (χ4v) is 3.47. The summed E-state index contributed by atoms with van der Waals surface area (Å²) in [4.78, 5) is 4.44. The number of rotatable bonds is 4. The van der Waals surface area contributed by atoms with E-state index in [0.29, 0.717) is 21.2 Å². The third kappa shape index (κ3) is 4.69. The highest BCUT2D eigenvalue weighted by atomic mass is 35.5. The van der Waals surface area contributed by atoms with Crippen LogP contribution in [0, 0.1) is 11.3 Å². The van der Waals surface area contributed by atoms with Gasteiger partial charge in [0.1, 0.15) is 17.5 Å². The molecule has 0 aliphatic rings. The normalized spacial score (nSPS) is 11.4. The second kappa shape index (κ2) is 8.55. The monoisotopic (exact) mass is 449 g/mol. The third-order valence-corrected chi connectivity index (χ3v) is 4.81. The second-order valence-electron chi connectivity index (χ2n) is 6.89. The Morgan fingerprint density at radius 1 is 1.03 bits per heavy atom. The molecule has 1 N–H and O–H groups in total. The van der Waals surface area contributed by atoms with Gasteiger partial charge in [0.15, 0.2) is 0 Å². The molecule has 0 bridgehead atoms. The van der Waals surface area contributed by atoms with Crippen LogP contribution in [0.3, 0.4) is 0 Å². The van der Waals surface area contributed by atoms with Crippen LogP contribution in [0.15, 0.2) is 48.5 Å². The first kappa shape index (κ1) is 21.9. The molecule has 3 aromatic rings. The van der Waals surface area contributed by atoms with Crippen LogP contribution in [-0.2, 0) is 6.18 Å². The van der Waals surface area contributed by atoms with Gasteiger partial charge in [-0.1, -0.05) is 41.4 Å². The van der Waals surface area contributed by atoms with Gasteiger partial charge in [-0.05, 0) is 44.2 Å². The van der Waals surface area contributed by atoms with E-state index >= 15 is 0 Å². The summed E-state index contributed by atoms with van der Waals surface area (Å²) in [6.45, 7) is 3.74. The average molecular weight is 450 g/mol. The Bertz CT molecular complexity index is 1140. The Labute approximate surface area is 182 Å². The molecule has 0 atom stereocenters. The topological polar surface area (TPSA) is 48.7 Å². The van der Waals surface area contributed by atoms with Crippen LogP contribution in [0.4, 0.5) is 19.0 Å². The Morgan fingerprint density at radius 2 is 1.77 bits per heavy atom. The van der Waals surface area contributed by atoms with Crippen molar-refractivity contribution in [1.82, 2.24) is 4.98 Å². The number of nitriles is 1. The van der Waals surface area contributed by atoms with Gasteiger partial charge >= 0.3 is 6.18 Å². The first-order chi connectivity index (χ1) is 14.1. The maximum atomic E-state index is 13.2. The lowest BCUT2D eigenvalue weighted by Gasteiger charge is -2.17. The molecule has 0 fully saturated rings. The van der Waals surface area contributed by atoms with Gasteiger partial charge in [0, 0.05) is 32.8 Å². The van der Waals surface area contributed by atoms with Crippen molar-refractivity contribution in [3.63, 3.8) is 0 Å². The van der Waals surface area contributed by atoms with Crippen LogP contribution in [0.1, 0.15) is 25.0 Å². The van der Waals surface area contributed by atoms with Gasteiger partial charge in [0.05, 0.1) is 11.3 Å². The molecule has 2 aromatic carbocycles. The standard InChI is InChI=1S/C22H16Cl2F3N3/c1-12(2)29-21-18(11-28)17(16-7-6-15(23)9-19(16)24)10-20(30-21)13-4-3-5-14(8-13)22(25,26)27/h3-10,12H,1-2H3,(H,29,30). The zero-order chi connectivity index (χ0) is 22.1. The summed E-state index contributed by atoms with van der Waals surface area (Å²) < 4.78 is 39.5. The second-order valence-corrected chi connectivity index (χ2v) is 7.74. The van der Waals surface area contributed by atoms with Gasteiger partial charge in [-0.3, -0.25) is 0 Å². The van der Waals surface area contributed by atoms with E-state index < -0.39 is 11.7 Å². The number of aromatic nitrogens is 1. The summed E-state index contributed by atoms with van der Waals surface area (Å²) in [5.74, 6) is 0.267. The van der Waals surface area contributed by atoms with E-state index in [1.807, 2.05) is 13.8 Å². The Hall–Kier alpha value is -2.75. The van der Waals surface area contributed by atoms with Crippen molar-refractivity contribution in [1.29, 1.82) is 5.26 Å². The first-order valence-corrected chi connectivity index (χ1v) is 9.70. The molecule has 0 aliphatic carbocycles. The van der Waals surface area contributed by atoms with Gasteiger partial charge in [0.25, 0.3) is 0 Å². The number of alkyl halides is 3. The molecule has 154 valence electrons. The third-order valence-electron chi connectivity index (χ3n) is 4.26. The highest BCUT2D eigenvalue weighted by Gasteiger charge is 2.30. The summed E-state index contributed by atoms with van der Waals surface area (Å²) >= 11 is 12.3. The molecule has 3 nitrogen and oxygen atoms in total. The van der Waals surface area contributed by atoms with Crippen LogP contribution in [-0.4, -0.2) is 11.0 Å². The van der Waals surface area contributed by atoms with Crippen LogP contribution < -0.4 is 5.32 Å². The number of anilines is 1. The van der Waals surface area contributed by atoms with Crippen molar-refractivity contribution < 1.29 is 13.2 Å².